The Bertz CT molecular complexity index is 702. The van der Waals surface area contributed by atoms with E-state index in [2.05, 4.69) is 0 Å². The molecule has 0 aromatic heterocycles. The van der Waals surface area contributed by atoms with Gasteiger partial charge in [0.1, 0.15) is 0 Å². The number of aryl methyl sites for hydroxylation is 1. The van der Waals surface area contributed by atoms with Crippen LogP contribution in [0.3, 0.4) is 0 Å². The molecule has 0 fully saturated rings. The monoisotopic (exact) mass is 356 g/mol. The normalized spacial score (nSPS) is 10.4. The zero-order chi connectivity index (χ0) is 18.8. The zero-order valence-electron chi connectivity index (χ0n) is 14.9. The van der Waals surface area contributed by atoms with Gasteiger partial charge >= 0.3 is 0 Å². The highest BCUT2D eigenvalue weighted by atomic mass is 16.5. The Labute approximate surface area is 153 Å². The predicted octanol–water partition coefficient (Wildman–Crippen LogP) is 2.81. The summed E-state index contributed by atoms with van der Waals surface area (Å²) in [4.78, 5) is 25.8. The van der Waals surface area contributed by atoms with Crippen LogP contribution in [-0.2, 0) is 16.0 Å². The fourth-order valence-electron chi connectivity index (χ4n) is 2.65. The third-order valence-corrected chi connectivity index (χ3v) is 4.04. The van der Waals surface area contributed by atoms with Gasteiger partial charge in [-0.1, -0.05) is 30.3 Å². The van der Waals surface area contributed by atoms with Crippen molar-refractivity contribution in [2.24, 2.45) is 0 Å². The summed E-state index contributed by atoms with van der Waals surface area (Å²) in [6.45, 7) is 1.21. The van der Waals surface area contributed by atoms with Gasteiger partial charge in [0.15, 0.2) is 0 Å². The second kappa shape index (κ2) is 10.3. The van der Waals surface area contributed by atoms with Crippen molar-refractivity contribution >= 4 is 17.5 Å². The number of rotatable bonds is 9. The number of amides is 2. The maximum atomic E-state index is 12.7. The molecule has 0 radical (unpaired) electrons. The summed E-state index contributed by atoms with van der Waals surface area (Å²) in [6, 6.07) is 16.4. The summed E-state index contributed by atoms with van der Waals surface area (Å²) in [7, 11) is 1.65. The number of nitrogens with one attached hydrogen (secondary N) is 1. The molecule has 0 unspecified atom stereocenters. The van der Waals surface area contributed by atoms with Gasteiger partial charge in [0.25, 0.3) is 5.91 Å². The topological polar surface area (TPSA) is 78.9 Å². The van der Waals surface area contributed by atoms with Gasteiger partial charge in [0, 0.05) is 37.9 Å². The lowest BCUT2D eigenvalue weighted by Gasteiger charge is -2.23. The van der Waals surface area contributed by atoms with Gasteiger partial charge < -0.3 is 9.64 Å². The molecule has 0 atom stereocenters. The lowest BCUT2D eigenvalue weighted by atomic mass is 10.1. The molecule has 2 aromatic carbocycles. The first-order chi connectivity index (χ1) is 12.7. The molecule has 0 heterocycles. The number of hydrogen-bond acceptors (Lipinski definition) is 4. The number of carbonyl (C=O) groups excluding carboxylic acids is 2. The fraction of sp³-hybridized carbons (Fsp3) is 0.300. The molecule has 138 valence electrons. The Morgan fingerprint density at radius 2 is 1.77 bits per heavy atom. The summed E-state index contributed by atoms with van der Waals surface area (Å²) in [5.41, 5.74) is 3.80. The Kier molecular flexibility index (Phi) is 7.79. The van der Waals surface area contributed by atoms with Gasteiger partial charge in [-0.15, -0.1) is 0 Å². The van der Waals surface area contributed by atoms with E-state index in [0.717, 1.165) is 17.7 Å². The Morgan fingerprint density at radius 1 is 1.08 bits per heavy atom. The minimum Gasteiger partial charge on any atom is -0.385 e. The van der Waals surface area contributed by atoms with Crippen molar-refractivity contribution in [1.29, 1.82) is 0 Å². The second-order valence-electron chi connectivity index (χ2n) is 5.87. The molecule has 26 heavy (non-hydrogen) atoms. The van der Waals surface area contributed by atoms with Crippen LogP contribution in [0.5, 0.6) is 0 Å². The van der Waals surface area contributed by atoms with Crippen molar-refractivity contribution < 1.29 is 19.5 Å². The molecule has 2 amide bonds. The maximum Gasteiger partial charge on any atom is 0.274 e. The molecule has 6 heteroatoms. The number of hydrogen-bond donors (Lipinski definition) is 2. The standard InChI is InChI=1S/C20H24N2O4/c1-26-15-5-14-22(18-6-3-2-4-7-18)19(23)13-10-16-8-11-17(12-9-16)20(24)21-25/h2-4,6-9,11-12,25H,5,10,13-15H2,1H3,(H,21,24). The number of benzene rings is 2. The third-order valence-electron chi connectivity index (χ3n) is 4.04. The van der Waals surface area contributed by atoms with Crippen LogP contribution < -0.4 is 10.4 Å². The van der Waals surface area contributed by atoms with Crippen LogP contribution in [0.4, 0.5) is 5.69 Å². The summed E-state index contributed by atoms with van der Waals surface area (Å²) in [6.07, 6.45) is 1.71. The van der Waals surface area contributed by atoms with Crippen LogP contribution in [0, 0.1) is 0 Å². The molecule has 2 aromatic rings. The first-order valence-electron chi connectivity index (χ1n) is 8.53. The average Bonchev–Trinajstić information content (AvgIpc) is 2.70. The predicted molar refractivity (Wildman–Crippen MR) is 99.3 cm³/mol. The number of methoxy groups -OCH3 is 1. The Morgan fingerprint density at radius 3 is 2.38 bits per heavy atom. The van der Waals surface area contributed by atoms with Gasteiger partial charge in [-0.05, 0) is 42.7 Å². The van der Waals surface area contributed by atoms with Gasteiger partial charge in [-0.2, -0.15) is 0 Å². The first kappa shape index (κ1) is 19.6. The van der Waals surface area contributed by atoms with Gasteiger partial charge in [0.2, 0.25) is 5.91 Å². The molecule has 0 spiro atoms. The van der Waals surface area contributed by atoms with E-state index < -0.39 is 5.91 Å². The molecule has 0 aliphatic carbocycles. The van der Waals surface area contributed by atoms with Crippen LogP contribution in [0.15, 0.2) is 54.6 Å². The van der Waals surface area contributed by atoms with Crippen molar-refractivity contribution in [2.75, 3.05) is 25.2 Å². The SMILES string of the molecule is COCCCN(C(=O)CCc1ccc(C(=O)NO)cc1)c1ccccc1. The van der Waals surface area contributed by atoms with E-state index >= 15 is 0 Å². The molecule has 0 saturated carbocycles. The number of ether oxygens (including phenoxy) is 1. The van der Waals surface area contributed by atoms with Crippen LogP contribution in [0.1, 0.15) is 28.8 Å². The minimum atomic E-state index is -0.555. The molecule has 0 saturated heterocycles. The van der Waals surface area contributed by atoms with E-state index in [9.17, 15) is 9.59 Å². The summed E-state index contributed by atoms with van der Waals surface area (Å²) in [5.74, 6) is -0.509. The summed E-state index contributed by atoms with van der Waals surface area (Å²) in [5, 5.41) is 8.63. The van der Waals surface area contributed by atoms with Crippen LogP contribution >= 0.6 is 0 Å². The van der Waals surface area contributed by atoms with Crippen molar-refractivity contribution in [3.05, 3.63) is 65.7 Å². The minimum absolute atomic E-state index is 0.0458. The average molecular weight is 356 g/mol. The van der Waals surface area contributed by atoms with E-state index in [0.29, 0.717) is 31.6 Å². The highest BCUT2D eigenvalue weighted by Gasteiger charge is 2.15. The number of para-hydroxylation sites is 1. The molecule has 0 aliphatic rings. The quantitative estimate of drug-likeness (QED) is 0.411. The third kappa shape index (κ3) is 5.68. The van der Waals surface area contributed by atoms with E-state index in [1.165, 1.54) is 0 Å². The Hall–Kier alpha value is -2.70. The highest BCUT2D eigenvalue weighted by molar-refractivity contribution is 5.94. The van der Waals surface area contributed by atoms with Crippen molar-refractivity contribution in [3.8, 4) is 0 Å². The van der Waals surface area contributed by atoms with E-state index in [1.54, 1.807) is 41.8 Å². The second-order valence-corrected chi connectivity index (χ2v) is 5.87. The van der Waals surface area contributed by atoms with E-state index in [4.69, 9.17) is 9.94 Å². The molecule has 0 aliphatic heterocycles. The molecule has 2 rings (SSSR count). The van der Waals surface area contributed by atoms with Gasteiger partial charge in [0.05, 0.1) is 0 Å². The largest absolute Gasteiger partial charge is 0.385 e. The molecule has 2 N–H and O–H groups in total. The zero-order valence-corrected chi connectivity index (χ0v) is 14.9. The Balaban J connectivity index is 1.99. The summed E-state index contributed by atoms with van der Waals surface area (Å²) < 4.78 is 5.09. The lowest BCUT2D eigenvalue weighted by Crippen LogP contribution is -2.32. The molecular formula is C20H24N2O4. The summed E-state index contributed by atoms with van der Waals surface area (Å²) >= 11 is 0. The van der Waals surface area contributed by atoms with Crippen LogP contribution in [-0.4, -0.2) is 37.3 Å². The van der Waals surface area contributed by atoms with E-state index in [-0.39, 0.29) is 5.91 Å². The highest BCUT2D eigenvalue weighted by Crippen LogP contribution is 2.16. The number of anilines is 1. The number of carbonyl (C=O) groups is 2. The van der Waals surface area contributed by atoms with Crippen molar-refractivity contribution in [1.82, 2.24) is 5.48 Å². The van der Waals surface area contributed by atoms with Crippen molar-refractivity contribution in [3.63, 3.8) is 0 Å². The fourth-order valence-corrected chi connectivity index (χ4v) is 2.65. The smallest absolute Gasteiger partial charge is 0.274 e. The molecule has 6 nitrogen and oxygen atoms in total. The van der Waals surface area contributed by atoms with Gasteiger partial charge in [-0.25, -0.2) is 5.48 Å². The lowest BCUT2D eigenvalue weighted by molar-refractivity contribution is -0.118. The van der Waals surface area contributed by atoms with E-state index in [1.807, 2.05) is 30.3 Å². The maximum absolute atomic E-state index is 12.7. The molecular weight excluding hydrogens is 332 g/mol. The van der Waals surface area contributed by atoms with Crippen molar-refractivity contribution in [2.45, 2.75) is 19.3 Å². The van der Waals surface area contributed by atoms with Gasteiger partial charge in [-0.3, -0.25) is 14.8 Å². The number of nitrogens with zero attached hydrogens (tertiary/aromatic N) is 1. The molecule has 0 bridgehead atoms. The number of hydroxylamine groups is 1. The first-order valence-corrected chi connectivity index (χ1v) is 8.53. The van der Waals surface area contributed by atoms with Crippen LogP contribution in [0.25, 0.3) is 0 Å². The van der Waals surface area contributed by atoms with Crippen LogP contribution in [0.2, 0.25) is 0 Å².